The molecule has 0 atom stereocenters. The third-order valence-corrected chi connectivity index (χ3v) is 3.93. The predicted octanol–water partition coefficient (Wildman–Crippen LogP) is 3.17. The Labute approximate surface area is 151 Å². The predicted molar refractivity (Wildman–Crippen MR) is 97.9 cm³/mol. The summed E-state index contributed by atoms with van der Waals surface area (Å²) in [5.74, 6) is -0.253. The van der Waals surface area contributed by atoms with E-state index in [4.69, 9.17) is 17.0 Å². The van der Waals surface area contributed by atoms with Gasteiger partial charge in [-0.2, -0.15) is 0 Å². The van der Waals surface area contributed by atoms with Crippen molar-refractivity contribution >= 4 is 24.4 Å². The summed E-state index contributed by atoms with van der Waals surface area (Å²) in [6, 6.07) is 0. The highest BCUT2D eigenvalue weighted by Gasteiger charge is 2.28. The lowest BCUT2D eigenvalue weighted by Crippen LogP contribution is -2.34. The number of allylic oxidation sites excluding steroid dienone is 2. The van der Waals surface area contributed by atoms with E-state index in [1.807, 2.05) is 0 Å². The number of amides is 1. The Morgan fingerprint density at radius 1 is 1.48 bits per heavy atom. The second-order valence-electron chi connectivity index (χ2n) is 6.77. The lowest BCUT2D eigenvalue weighted by atomic mass is 10.2. The molecule has 0 unspecified atom stereocenters. The first-order chi connectivity index (χ1) is 11.6. The van der Waals surface area contributed by atoms with Crippen molar-refractivity contribution < 1.29 is 14.6 Å². The fourth-order valence-corrected chi connectivity index (χ4v) is 2.80. The van der Waals surface area contributed by atoms with E-state index in [1.54, 1.807) is 26.8 Å². The largest absolute Gasteiger partial charge is 0.494 e. The van der Waals surface area contributed by atoms with E-state index in [0.29, 0.717) is 18.7 Å². The Kier molecular flexibility index (Phi) is 5.52. The summed E-state index contributed by atoms with van der Waals surface area (Å²) in [4.78, 5) is 28.6. The SMILES string of the molecule is C=CCn1c(O)c(C=C2CCCN2C(=O)OC(C)(C)C)c(=O)[nH]c1=S. The summed E-state index contributed by atoms with van der Waals surface area (Å²) in [5, 5.41) is 10.4. The Hall–Kier alpha value is -2.35. The number of hydrogen-bond donors (Lipinski definition) is 2. The van der Waals surface area contributed by atoms with E-state index < -0.39 is 17.3 Å². The van der Waals surface area contributed by atoms with Gasteiger partial charge in [-0.25, -0.2) is 4.79 Å². The van der Waals surface area contributed by atoms with Crippen molar-refractivity contribution in [1.29, 1.82) is 0 Å². The molecule has 2 rings (SSSR count). The van der Waals surface area contributed by atoms with Gasteiger partial charge < -0.3 is 9.84 Å². The number of H-pyrrole nitrogens is 1. The van der Waals surface area contributed by atoms with Gasteiger partial charge in [0.1, 0.15) is 11.2 Å². The molecule has 1 aromatic rings. The smallest absolute Gasteiger partial charge is 0.414 e. The van der Waals surface area contributed by atoms with E-state index >= 15 is 0 Å². The quantitative estimate of drug-likeness (QED) is 0.634. The summed E-state index contributed by atoms with van der Waals surface area (Å²) in [6.07, 6.45) is 3.98. The van der Waals surface area contributed by atoms with Crippen LogP contribution in [0.5, 0.6) is 5.88 Å². The Balaban J connectivity index is 2.44. The maximum Gasteiger partial charge on any atom is 0.414 e. The average molecular weight is 365 g/mol. The number of carbonyl (C=O) groups is 1. The molecule has 0 bridgehead atoms. The minimum atomic E-state index is -0.610. The van der Waals surface area contributed by atoms with Crippen LogP contribution in [-0.2, 0) is 11.3 Å². The number of aromatic hydroxyl groups is 1. The van der Waals surface area contributed by atoms with Crippen molar-refractivity contribution in [2.24, 2.45) is 0 Å². The summed E-state index contributed by atoms with van der Waals surface area (Å²) < 4.78 is 6.87. The average Bonchev–Trinajstić information content (AvgIpc) is 2.94. The fraction of sp³-hybridized carbons (Fsp3) is 0.471. The first-order valence-corrected chi connectivity index (χ1v) is 8.43. The van der Waals surface area contributed by atoms with E-state index in [9.17, 15) is 14.7 Å². The summed E-state index contributed by atoms with van der Waals surface area (Å²) in [6.45, 7) is 9.75. The van der Waals surface area contributed by atoms with Crippen LogP contribution in [-0.4, -0.2) is 37.8 Å². The monoisotopic (exact) mass is 365 g/mol. The van der Waals surface area contributed by atoms with Crippen LogP contribution in [0.15, 0.2) is 23.1 Å². The molecule has 1 aromatic heterocycles. The van der Waals surface area contributed by atoms with Crippen molar-refractivity contribution in [3.63, 3.8) is 0 Å². The maximum atomic E-state index is 12.3. The topological polar surface area (TPSA) is 87.6 Å². The Morgan fingerprint density at radius 3 is 2.76 bits per heavy atom. The van der Waals surface area contributed by atoms with Crippen LogP contribution >= 0.6 is 12.2 Å². The van der Waals surface area contributed by atoms with E-state index in [1.165, 1.54) is 15.5 Å². The van der Waals surface area contributed by atoms with Gasteiger partial charge in [0.2, 0.25) is 5.88 Å². The number of carbonyl (C=O) groups excluding carboxylic acids is 1. The second-order valence-corrected chi connectivity index (χ2v) is 7.15. The van der Waals surface area contributed by atoms with Crippen LogP contribution in [0.1, 0.15) is 39.2 Å². The summed E-state index contributed by atoms with van der Waals surface area (Å²) in [7, 11) is 0. The van der Waals surface area contributed by atoms with Crippen LogP contribution < -0.4 is 5.56 Å². The lowest BCUT2D eigenvalue weighted by Gasteiger charge is -2.25. The molecule has 0 aromatic carbocycles. The van der Waals surface area contributed by atoms with Gasteiger partial charge in [0.15, 0.2) is 4.77 Å². The van der Waals surface area contributed by atoms with E-state index in [-0.39, 0.29) is 22.8 Å². The number of rotatable bonds is 3. The summed E-state index contributed by atoms with van der Waals surface area (Å²) >= 11 is 5.05. The lowest BCUT2D eigenvalue weighted by molar-refractivity contribution is 0.0340. The third-order valence-electron chi connectivity index (χ3n) is 3.60. The zero-order valence-electron chi connectivity index (χ0n) is 14.7. The molecule has 0 spiro atoms. The first kappa shape index (κ1) is 19.0. The van der Waals surface area contributed by atoms with Gasteiger partial charge in [0, 0.05) is 18.8 Å². The van der Waals surface area contributed by atoms with Crippen molar-refractivity contribution in [3.8, 4) is 5.88 Å². The number of nitrogens with zero attached hydrogens (tertiary/aromatic N) is 2. The van der Waals surface area contributed by atoms with Gasteiger partial charge in [0.25, 0.3) is 5.56 Å². The van der Waals surface area contributed by atoms with Gasteiger partial charge in [-0.1, -0.05) is 6.08 Å². The molecule has 2 heterocycles. The van der Waals surface area contributed by atoms with Crippen LogP contribution in [0.4, 0.5) is 4.79 Å². The molecule has 1 aliphatic rings. The zero-order valence-corrected chi connectivity index (χ0v) is 15.5. The molecule has 1 aliphatic heterocycles. The van der Waals surface area contributed by atoms with E-state index in [2.05, 4.69) is 11.6 Å². The molecule has 1 amide bonds. The highest BCUT2D eigenvalue weighted by molar-refractivity contribution is 7.71. The highest BCUT2D eigenvalue weighted by Crippen LogP contribution is 2.27. The van der Waals surface area contributed by atoms with Crippen LogP contribution in [0.25, 0.3) is 6.08 Å². The Morgan fingerprint density at radius 2 is 2.16 bits per heavy atom. The number of nitrogens with one attached hydrogen (secondary N) is 1. The fourth-order valence-electron chi connectivity index (χ4n) is 2.54. The van der Waals surface area contributed by atoms with Gasteiger partial charge >= 0.3 is 6.09 Å². The van der Waals surface area contributed by atoms with Gasteiger partial charge in [0.05, 0.1) is 0 Å². The van der Waals surface area contributed by atoms with Crippen molar-refractivity contribution in [1.82, 2.24) is 14.5 Å². The highest BCUT2D eigenvalue weighted by atomic mass is 32.1. The second kappa shape index (κ2) is 7.26. The van der Waals surface area contributed by atoms with E-state index in [0.717, 1.165) is 6.42 Å². The van der Waals surface area contributed by atoms with Gasteiger partial charge in [-0.3, -0.25) is 19.2 Å². The molecule has 0 saturated carbocycles. The minimum Gasteiger partial charge on any atom is -0.494 e. The van der Waals surface area contributed by atoms with Crippen molar-refractivity contribution in [2.75, 3.05) is 6.54 Å². The van der Waals surface area contributed by atoms with Crippen LogP contribution in [0, 0.1) is 4.77 Å². The Bertz CT molecular complexity index is 830. The third kappa shape index (κ3) is 4.39. The van der Waals surface area contributed by atoms with Crippen LogP contribution in [0.3, 0.4) is 0 Å². The molecule has 8 heteroatoms. The molecule has 136 valence electrons. The standard InChI is InChI=1S/C17H23N3O4S/c1-5-8-20-14(22)12(13(21)18-15(20)25)10-11-7-6-9-19(11)16(23)24-17(2,3)4/h5,10,22H,1,6-9H2,2-4H3,(H,18,21,25). The van der Waals surface area contributed by atoms with Gasteiger partial charge in [-0.05, 0) is 51.9 Å². The molecule has 0 radical (unpaired) electrons. The van der Waals surface area contributed by atoms with Crippen molar-refractivity contribution in [3.05, 3.63) is 39.0 Å². The molecule has 1 fully saturated rings. The van der Waals surface area contributed by atoms with Crippen molar-refractivity contribution in [2.45, 2.75) is 45.8 Å². The molecule has 7 nitrogen and oxygen atoms in total. The number of ether oxygens (including phenoxy) is 1. The van der Waals surface area contributed by atoms with Gasteiger partial charge in [-0.15, -0.1) is 6.58 Å². The number of likely N-dealkylation sites (tertiary alicyclic amines) is 1. The normalized spacial score (nSPS) is 16.3. The first-order valence-electron chi connectivity index (χ1n) is 8.02. The molecule has 2 N–H and O–H groups in total. The minimum absolute atomic E-state index is 0.0564. The number of aromatic amines is 1. The maximum absolute atomic E-state index is 12.3. The molecule has 0 aliphatic carbocycles. The summed E-state index contributed by atoms with van der Waals surface area (Å²) in [5.41, 5.74) is -0.439. The van der Waals surface area contributed by atoms with Crippen LogP contribution in [0.2, 0.25) is 0 Å². The molecular weight excluding hydrogens is 342 g/mol. The molecule has 1 saturated heterocycles. The number of aromatic nitrogens is 2. The molecular formula is C17H23N3O4S. The number of hydrogen-bond acceptors (Lipinski definition) is 5. The molecule has 25 heavy (non-hydrogen) atoms. The zero-order chi connectivity index (χ0) is 18.8.